The third-order valence-corrected chi connectivity index (χ3v) is 3.44. The quantitative estimate of drug-likeness (QED) is 0.930. The molecule has 2 N–H and O–H groups in total. The third kappa shape index (κ3) is 3.17. The van der Waals surface area contributed by atoms with Gasteiger partial charge in [0.1, 0.15) is 11.6 Å². The van der Waals surface area contributed by atoms with Crippen molar-refractivity contribution in [1.82, 2.24) is 0 Å². The molecule has 104 valence electrons. The van der Waals surface area contributed by atoms with Crippen LogP contribution in [-0.4, -0.2) is 13.0 Å². The van der Waals surface area contributed by atoms with E-state index in [4.69, 9.17) is 10.5 Å². The highest BCUT2D eigenvalue weighted by Crippen LogP contribution is 2.27. The normalized spacial score (nSPS) is 10.3. The maximum absolute atomic E-state index is 13.6. The monoisotopic (exact) mass is 337 g/mol. The first-order valence-corrected chi connectivity index (χ1v) is 6.71. The maximum Gasteiger partial charge on any atom is 0.252 e. The van der Waals surface area contributed by atoms with E-state index in [0.29, 0.717) is 17.7 Å². The number of rotatable bonds is 4. The molecule has 0 fully saturated rings. The van der Waals surface area contributed by atoms with Gasteiger partial charge in [0.05, 0.1) is 12.7 Å². The topological polar surface area (TPSA) is 52.3 Å². The van der Waals surface area contributed by atoms with E-state index in [2.05, 4.69) is 15.9 Å². The number of methoxy groups -OCH3 is 1. The standard InChI is InChI=1S/C15H13BrFNO2/c1-20-14-10(6-9-2-4-11(16)5-3-9)7-12(17)8-13(14)15(18)19/h2-5,7-8H,6H2,1H3,(H2,18,19). The Morgan fingerprint density at radius 3 is 2.50 bits per heavy atom. The Morgan fingerprint density at radius 1 is 1.30 bits per heavy atom. The Kier molecular flexibility index (Phi) is 4.39. The van der Waals surface area contributed by atoms with Crippen molar-refractivity contribution < 1.29 is 13.9 Å². The van der Waals surface area contributed by atoms with Crippen LogP contribution >= 0.6 is 15.9 Å². The van der Waals surface area contributed by atoms with Crippen molar-refractivity contribution in [3.8, 4) is 5.75 Å². The van der Waals surface area contributed by atoms with E-state index in [0.717, 1.165) is 16.1 Å². The largest absolute Gasteiger partial charge is 0.496 e. The summed E-state index contributed by atoms with van der Waals surface area (Å²) in [7, 11) is 1.44. The lowest BCUT2D eigenvalue weighted by Crippen LogP contribution is -2.14. The predicted molar refractivity (Wildman–Crippen MR) is 78.4 cm³/mol. The second-order valence-corrected chi connectivity index (χ2v) is 5.23. The Hall–Kier alpha value is -1.88. The van der Waals surface area contributed by atoms with Gasteiger partial charge in [0.2, 0.25) is 0 Å². The molecule has 2 aromatic rings. The minimum atomic E-state index is -0.710. The molecule has 0 aromatic heterocycles. The van der Waals surface area contributed by atoms with Crippen molar-refractivity contribution in [2.75, 3.05) is 7.11 Å². The van der Waals surface area contributed by atoms with Crippen molar-refractivity contribution >= 4 is 21.8 Å². The van der Waals surface area contributed by atoms with Crippen molar-refractivity contribution in [2.45, 2.75) is 6.42 Å². The first-order chi connectivity index (χ1) is 9.51. The van der Waals surface area contributed by atoms with Crippen LogP contribution in [0, 0.1) is 5.82 Å². The van der Waals surface area contributed by atoms with Crippen LogP contribution in [-0.2, 0) is 6.42 Å². The number of hydrogen-bond donors (Lipinski definition) is 1. The highest BCUT2D eigenvalue weighted by molar-refractivity contribution is 9.10. The lowest BCUT2D eigenvalue weighted by atomic mass is 10.0. The third-order valence-electron chi connectivity index (χ3n) is 2.91. The lowest BCUT2D eigenvalue weighted by molar-refractivity contribution is 0.0996. The molecule has 0 unspecified atom stereocenters. The number of hydrogen-bond acceptors (Lipinski definition) is 2. The van der Waals surface area contributed by atoms with E-state index in [1.54, 1.807) is 0 Å². The van der Waals surface area contributed by atoms with Gasteiger partial charge < -0.3 is 10.5 Å². The zero-order valence-electron chi connectivity index (χ0n) is 10.8. The van der Waals surface area contributed by atoms with Crippen LogP contribution < -0.4 is 10.5 Å². The molecule has 0 saturated heterocycles. The molecule has 0 heterocycles. The molecular formula is C15H13BrFNO2. The summed E-state index contributed by atoms with van der Waals surface area (Å²) in [4.78, 5) is 11.4. The second kappa shape index (κ2) is 6.05. The number of halogens is 2. The first-order valence-electron chi connectivity index (χ1n) is 5.92. The molecule has 0 atom stereocenters. The Balaban J connectivity index is 2.45. The summed E-state index contributed by atoms with van der Waals surface area (Å²) in [5.74, 6) is -0.896. The van der Waals surface area contributed by atoms with Gasteiger partial charge in [-0.15, -0.1) is 0 Å². The van der Waals surface area contributed by atoms with Crippen molar-refractivity contribution in [3.05, 3.63) is 63.4 Å². The Labute approximate surface area is 124 Å². The van der Waals surface area contributed by atoms with Crippen LogP contribution in [0.2, 0.25) is 0 Å². The van der Waals surface area contributed by atoms with Gasteiger partial charge in [-0.2, -0.15) is 0 Å². The lowest BCUT2D eigenvalue weighted by Gasteiger charge is -2.12. The second-order valence-electron chi connectivity index (χ2n) is 4.31. The smallest absolute Gasteiger partial charge is 0.252 e. The summed E-state index contributed by atoms with van der Waals surface area (Å²) in [6, 6.07) is 10.1. The van der Waals surface area contributed by atoms with Gasteiger partial charge in [-0.25, -0.2) is 4.39 Å². The molecule has 20 heavy (non-hydrogen) atoms. The number of primary amides is 1. The average molecular weight is 338 g/mol. The van der Waals surface area contributed by atoms with Gasteiger partial charge in [0.15, 0.2) is 0 Å². The molecule has 2 rings (SSSR count). The fraction of sp³-hybridized carbons (Fsp3) is 0.133. The minimum Gasteiger partial charge on any atom is -0.496 e. The fourth-order valence-corrected chi connectivity index (χ4v) is 2.29. The molecular weight excluding hydrogens is 325 g/mol. The van der Waals surface area contributed by atoms with E-state index in [1.165, 1.54) is 13.2 Å². The van der Waals surface area contributed by atoms with Crippen LogP contribution in [0.3, 0.4) is 0 Å². The molecule has 3 nitrogen and oxygen atoms in total. The highest BCUT2D eigenvalue weighted by atomic mass is 79.9. The molecule has 0 spiro atoms. The molecule has 2 aromatic carbocycles. The van der Waals surface area contributed by atoms with Gasteiger partial charge in [-0.05, 0) is 29.8 Å². The van der Waals surface area contributed by atoms with Crippen LogP contribution in [0.25, 0.3) is 0 Å². The summed E-state index contributed by atoms with van der Waals surface area (Å²) in [5.41, 5.74) is 6.87. The molecule has 1 amide bonds. The molecule has 0 radical (unpaired) electrons. The first kappa shape index (κ1) is 14.5. The van der Waals surface area contributed by atoms with E-state index < -0.39 is 11.7 Å². The van der Waals surface area contributed by atoms with Crippen molar-refractivity contribution in [3.63, 3.8) is 0 Å². The summed E-state index contributed by atoms with van der Waals surface area (Å²) in [6.07, 6.45) is 0.453. The van der Waals surface area contributed by atoms with E-state index in [1.807, 2.05) is 24.3 Å². The van der Waals surface area contributed by atoms with Gasteiger partial charge in [-0.3, -0.25) is 4.79 Å². The van der Waals surface area contributed by atoms with E-state index in [9.17, 15) is 9.18 Å². The molecule has 0 saturated carbocycles. The van der Waals surface area contributed by atoms with E-state index >= 15 is 0 Å². The number of amides is 1. The van der Waals surface area contributed by atoms with Crippen LogP contribution in [0.4, 0.5) is 4.39 Å². The minimum absolute atomic E-state index is 0.0552. The van der Waals surface area contributed by atoms with Crippen LogP contribution in [0.15, 0.2) is 40.9 Å². The Bertz CT molecular complexity index is 641. The molecule has 5 heteroatoms. The van der Waals surface area contributed by atoms with Crippen molar-refractivity contribution in [2.24, 2.45) is 5.73 Å². The molecule has 0 aliphatic heterocycles. The number of ether oxygens (including phenoxy) is 1. The van der Waals surface area contributed by atoms with Crippen molar-refractivity contribution in [1.29, 1.82) is 0 Å². The van der Waals surface area contributed by atoms with Crippen LogP contribution in [0.1, 0.15) is 21.5 Å². The molecule has 0 bridgehead atoms. The summed E-state index contributed by atoms with van der Waals surface area (Å²) >= 11 is 3.36. The summed E-state index contributed by atoms with van der Waals surface area (Å²) in [5, 5.41) is 0. The maximum atomic E-state index is 13.6. The Morgan fingerprint density at radius 2 is 1.95 bits per heavy atom. The summed E-state index contributed by atoms with van der Waals surface area (Å²) < 4.78 is 19.8. The van der Waals surface area contributed by atoms with Gasteiger partial charge in [0.25, 0.3) is 5.91 Å². The number of nitrogens with two attached hydrogens (primary N) is 1. The highest BCUT2D eigenvalue weighted by Gasteiger charge is 2.16. The van der Waals surface area contributed by atoms with Crippen LogP contribution in [0.5, 0.6) is 5.75 Å². The van der Waals surface area contributed by atoms with E-state index in [-0.39, 0.29) is 5.56 Å². The van der Waals surface area contributed by atoms with Gasteiger partial charge >= 0.3 is 0 Å². The zero-order chi connectivity index (χ0) is 14.7. The number of carbonyl (C=O) groups excluding carboxylic acids is 1. The summed E-state index contributed by atoms with van der Waals surface area (Å²) in [6.45, 7) is 0. The zero-order valence-corrected chi connectivity index (χ0v) is 12.4. The van der Waals surface area contributed by atoms with Gasteiger partial charge in [0, 0.05) is 16.5 Å². The van der Waals surface area contributed by atoms with Gasteiger partial charge in [-0.1, -0.05) is 28.1 Å². The molecule has 0 aliphatic carbocycles. The fourth-order valence-electron chi connectivity index (χ4n) is 2.03. The number of carbonyl (C=O) groups is 1. The molecule has 0 aliphatic rings. The number of benzene rings is 2. The predicted octanol–water partition coefficient (Wildman–Crippen LogP) is 3.29. The average Bonchev–Trinajstić information content (AvgIpc) is 2.40. The SMILES string of the molecule is COc1c(Cc2ccc(Br)cc2)cc(F)cc1C(N)=O.